The van der Waals surface area contributed by atoms with Crippen LogP contribution in [0.1, 0.15) is 28.6 Å². The third kappa shape index (κ3) is 4.40. The summed E-state index contributed by atoms with van der Waals surface area (Å²) in [6.45, 7) is 3.14. The van der Waals surface area contributed by atoms with Crippen LogP contribution < -0.4 is 5.32 Å². The molecular formula is C11H14BrNO4S. The molecule has 1 aromatic heterocycles. The monoisotopic (exact) mass is 335 g/mol. The first-order valence-corrected chi connectivity index (χ1v) is 6.80. The van der Waals surface area contributed by atoms with Crippen molar-refractivity contribution in [3.8, 4) is 0 Å². The van der Waals surface area contributed by atoms with Crippen molar-refractivity contribution < 1.29 is 19.8 Å². The molecule has 5 nitrogen and oxygen atoms in total. The number of aryl methyl sites for hydroxylation is 1. The van der Waals surface area contributed by atoms with Gasteiger partial charge in [0.1, 0.15) is 0 Å². The summed E-state index contributed by atoms with van der Waals surface area (Å²) in [6.07, 6.45) is -0.416. The minimum atomic E-state index is -1.45. The normalized spacial score (nSPS) is 14.0. The van der Waals surface area contributed by atoms with Gasteiger partial charge in [0, 0.05) is 6.54 Å². The molecule has 0 bridgehead atoms. The molecule has 1 atom stereocenters. The van der Waals surface area contributed by atoms with Gasteiger partial charge >= 0.3 is 5.97 Å². The Morgan fingerprint density at radius 3 is 2.61 bits per heavy atom. The smallest absolute Gasteiger partial charge is 0.306 e. The number of carboxylic acids is 1. The van der Waals surface area contributed by atoms with Gasteiger partial charge in [-0.25, -0.2) is 0 Å². The molecule has 0 saturated carbocycles. The summed E-state index contributed by atoms with van der Waals surface area (Å²) in [6, 6.07) is 1.73. The van der Waals surface area contributed by atoms with E-state index in [9.17, 15) is 14.7 Å². The maximum Gasteiger partial charge on any atom is 0.306 e. The van der Waals surface area contributed by atoms with E-state index in [1.807, 2.05) is 6.92 Å². The van der Waals surface area contributed by atoms with Gasteiger partial charge in [-0.05, 0) is 41.4 Å². The summed E-state index contributed by atoms with van der Waals surface area (Å²) in [5.41, 5.74) is -0.493. The van der Waals surface area contributed by atoms with Crippen LogP contribution in [0.3, 0.4) is 0 Å². The van der Waals surface area contributed by atoms with Crippen LogP contribution in [0.25, 0.3) is 0 Å². The number of aliphatic carboxylic acids is 1. The lowest BCUT2D eigenvalue weighted by Crippen LogP contribution is -2.41. The van der Waals surface area contributed by atoms with Crippen LogP contribution in [0, 0.1) is 6.92 Å². The summed E-state index contributed by atoms with van der Waals surface area (Å²) in [5, 5.41) is 20.9. The van der Waals surface area contributed by atoms with Crippen molar-refractivity contribution in [2.24, 2.45) is 0 Å². The molecule has 1 amide bonds. The molecule has 7 heteroatoms. The van der Waals surface area contributed by atoms with Gasteiger partial charge in [-0.2, -0.15) is 0 Å². The number of hydrogen-bond acceptors (Lipinski definition) is 4. The molecule has 0 aliphatic carbocycles. The molecule has 1 heterocycles. The Labute approximate surface area is 117 Å². The summed E-state index contributed by atoms with van der Waals surface area (Å²) in [5.74, 6) is -1.43. The first-order chi connectivity index (χ1) is 8.21. The number of hydrogen-bond donors (Lipinski definition) is 3. The number of halogens is 1. The SMILES string of the molecule is Cc1cc(C(=O)NCC(C)(O)CC(=O)O)sc1Br. The highest BCUT2D eigenvalue weighted by atomic mass is 79.9. The summed E-state index contributed by atoms with van der Waals surface area (Å²) in [7, 11) is 0. The minimum Gasteiger partial charge on any atom is -0.481 e. The molecule has 100 valence electrons. The Kier molecular flexibility index (Phi) is 4.89. The lowest BCUT2D eigenvalue weighted by atomic mass is 10.0. The number of rotatable bonds is 5. The Balaban J connectivity index is 2.58. The van der Waals surface area contributed by atoms with E-state index in [1.165, 1.54) is 18.3 Å². The highest BCUT2D eigenvalue weighted by molar-refractivity contribution is 9.11. The zero-order valence-electron chi connectivity index (χ0n) is 9.99. The van der Waals surface area contributed by atoms with Crippen LogP contribution in [0.5, 0.6) is 0 Å². The maximum atomic E-state index is 11.8. The molecule has 0 aliphatic heterocycles. The van der Waals surface area contributed by atoms with Crippen LogP contribution in [0.4, 0.5) is 0 Å². The lowest BCUT2D eigenvalue weighted by molar-refractivity contribution is -0.141. The predicted molar refractivity (Wildman–Crippen MR) is 72.0 cm³/mol. The zero-order valence-corrected chi connectivity index (χ0v) is 12.4. The number of carboxylic acid groups (broad SMARTS) is 1. The van der Waals surface area contributed by atoms with Gasteiger partial charge in [0.2, 0.25) is 0 Å². The van der Waals surface area contributed by atoms with Crippen LogP contribution in [-0.2, 0) is 4.79 Å². The number of nitrogens with one attached hydrogen (secondary N) is 1. The number of aliphatic hydroxyl groups is 1. The second-order valence-electron chi connectivity index (χ2n) is 4.32. The highest BCUT2D eigenvalue weighted by Crippen LogP contribution is 2.27. The second-order valence-corrected chi connectivity index (χ2v) is 6.69. The van der Waals surface area contributed by atoms with Crippen LogP contribution in [-0.4, -0.2) is 34.2 Å². The van der Waals surface area contributed by atoms with Gasteiger partial charge in [-0.3, -0.25) is 9.59 Å². The van der Waals surface area contributed by atoms with Gasteiger partial charge < -0.3 is 15.5 Å². The Morgan fingerprint density at radius 2 is 2.17 bits per heavy atom. The largest absolute Gasteiger partial charge is 0.481 e. The van der Waals surface area contributed by atoms with Crippen molar-refractivity contribution in [3.05, 3.63) is 20.3 Å². The quantitative estimate of drug-likeness (QED) is 0.765. The molecule has 1 aromatic rings. The third-order valence-corrected chi connectivity index (χ3v) is 4.38. The van der Waals surface area contributed by atoms with Crippen molar-refractivity contribution in [1.29, 1.82) is 0 Å². The summed E-state index contributed by atoms with van der Waals surface area (Å²) in [4.78, 5) is 22.8. The number of carbonyl (C=O) groups excluding carboxylic acids is 1. The number of carbonyl (C=O) groups is 2. The van der Waals surface area contributed by atoms with Crippen LogP contribution in [0.15, 0.2) is 9.85 Å². The van der Waals surface area contributed by atoms with E-state index in [0.717, 1.165) is 9.35 Å². The molecular weight excluding hydrogens is 322 g/mol. The minimum absolute atomic E-state index is 0.104. The molecule has 0 saturated heterocycles. The van der Waals surface area contributed by atoms with Crippen LogP contribution in [0.2, 0.25) is 0 Å². The number of thiophene rings is 1. The molecule has 1 unspecified atom stereocenters. The molecule has 0 aliphatic rings. The van der Waals surface area contributed by atoms with Gasteiger partial charge in [-0.1, -0.05) is 0 Å². The van der Waals surface area contributed by atoms with E-state index in [0.29, 0.717) is 4.88 Å². The average molecular weight is 336 g/mol. The van der Waals surface area contributed by atoms with E-state index in [-0.39, 0.29) is 12.5 Å². The predicted octanol–water partition coefficient (Wildman–Crippen LogP) is 1.77. The summed E-state index contributed by atoms with van der Waals surface area (Å²) < 4.78 is 0.880. The molecule has 0 aromatic carbocycles. The molecule has 0 radical (unpaired) electrons. The first kappa shape index (κ1) is 15.1. The lowest BCUT2D eigenvalue weighted by Gasteiger charge is -2.21. The van der Waals surface area contributed by atoms with Gasteiger partial charge in [0.25, 0.3) is 5.91 Å². The topological polar surface area (TPSA) is 86.6 Å². The molecule has 1 rings (SSSR count). The first-order valence-electron chi connectivity index (χ1n) is 5.19. The highest BCUT2D eigenvalue weighted by Gasteiger charge is 2.25. The third-order valence-electron chi connectivity index (χ3n) is 2.24. The molecule has 0 fully saturated rings. The van der Waals surface area contributed by atoms with Crippen molar-refractivity contribution >= 4 is 39.1 Å². The standard InChI is InChI=1S/C11H14BrNO4S/c1-6-3-7(18-9(6)12)10(16)13-5-11(2,17)4-8(14)15/h3,17H,4-5H2,1-2H3,(H,13,16)(H,14,15). The van der Waals surface area contributed by atoms with E-state index in [2.05, 4.69) is 21.2 Å². The molecule has 0 spiro atoms. The van der Waals surface area contributed by atoms with Crippen molar-refractivity contribution in [2.45, 2.75) is 25.9 Å². The molecule has 3 N–H and O–H groups in total. The maximum absolute atomic E-state index is 11.8. The second kappa shape index (κ2) is 5.81. The Morgan fingerprint density at radius 1 is 1.56 bits per heavy atom. The van der Waals surface area contributed by atoms with Crippen molar-refractivity contribution in [3.63, 3.8) is 0 Å². The summed E-state index contributed by atoms with van der Waals surface area (Å²) >= 11 is 4.61. The molecule has 18 heavy (non-hydrogen) atoms. The van der Waals surface area contributed by atoms with E-state index < -0.39 is 18.0 Å². The number of amides is 1. The fourth-order valence-corrected chi connectivity index (χ4v) is 2.77. The fraction of sp³-hybridized carbons (Fsp3) is 0.455. The van der Waals surface area contributed by atoms with E-state index in [4.69, 9.17) is 5.11 Å². The Bertz CT molecular complexity index is 450. The Hall–Kier alpha value is -0.920. The zero-order chi connectivity index (χ0) is 13.9. The fourth-order valence-electron chi connectivity index (χ4n) is 1.32. The van der Waals surface area contributed by atoms with Crippen LogP contribution >= 0.6 is 27.3 Å². The van der Waals surface area contributed by atoms with Crippen molar-refractivity contribution in [2.75, 3.05) is 6.54 Å². The van der Waals surface area contributed by atoms with Gasteiger partial charge in [0.15, 0.2) is 0 Å². The van der Waals surface area contributed by atoms with Crippen molar-refractivity contribution in [1.82, 2.24) is 5.32 Å². The average Bonchev–Trinajstić information content (AvgIpc) is 2.54. The van der Waals surface area contributed by atoms with Gasteiger partial charge in [-0.15, -0.1) is 11.3 Å². The van der Waals surface area contributed by atoms with E-state index >= 15 is 0 Å². The van der Waals surface area contributed by atoms with E-state index in [1.54, 1.807) is 6.07 Å². The van der Waals surface area contributed by atoms with Gasteiger partial charge in [0.05, 0.1) is 20.7 Å².